The fourth-order valence-corrected chi connectivity index (χ4v) is 4.52. The van der Waals surface area contributed by atoms with Crippen LogP contribution in [0.15, 0.2) is 47.4 Å². The van der Waals surface area contributed by atoms with Crippen LogP contribution in [0.4, 0.5) is 4.39 Å². The molecule has 1 atom stereocenters. The summed E-state index contributed by atoms with van der Waals surface area (Å²) in [7, 11) is -4.05. The molecule has 0 bridgehead atoms. The minimum Gasteiger partial charge on any atom is -0.353 e. The molecule has 0 unspecified atom stereocenters. The van der Waals surface area contributed by atoms with Crippen molar-refractivity contribution in [3.8, 4) is 0 Å². The molecule has 2 aromatic carbocycles. The molecule has 5 nitrogen and oxygen atoms in total. The smallest absolute Gasteiger partial charge is 0.243 e. The standard InChI is InChI=1S/C21H26ClFN2O3S/c1-4-6-16(3)24-21(26)14-25(13-18-19(22)7-5-8-20(18)23)29(27,28)17-11-9-15(2)10-12-17/h5,7-12,16H,4,6,13-14H2,1-3H3,(H,24,26)/t16-/m1/s1. The molecule has 29 heavy (non-hydrogen) atoms. The quantitative estimate of drug-likeness (QED) is 0.632. The van der Waals surface area contributed by atoms with Gasteiger partial charge in [-0.2, -0.15) is 4.31 Å². The summed E-state index contributed by atoms with van der Waals surface area (Å²) in [6.45, 7) is 4.91. The molecule has 0 aliphatic heterocycles. The van der Waals surface area contributed by atoms with E-state index in [0.717, 1.165) is 22.7 Å². The molecule has 1 N–H and O–H groups in total. The summed E-state index contributed by atoms with van der Waals surface area (Å²) in [5.74, 6) is -1.07. The molecule has 0 fully saturated rings. The number of amides is 1. The highest BCUT2D eigenvalue weighted by molar-refractivity contribution is 7.89. The van der Waals surface area contributed by atoms with Crippen molar-refractivity contribution in [1.29, 1.82) is 0 Å². The van der Waals surface area contributed by atoms with Gasteiger partial charge in [0.25, 0.3) is 0 Å². The topological polar surface area (TPSA) is 66.5 Å². The van der Waals surface area contributed by atoms with Gasteiger partial charge < -0.3 is 5.32 Å². The third-order valence-corrected chi connectivity index (χ3v) is 6.66. The molecule has 158 valence electrons. The Morgan fingerprint density at radius 3 is 2.45 bits per heavy atom. The number of carbonyl (C=O) groups excluding carboxylic acids is 1. The summed E-state index contributed by atoms with van der Waals surface area (Å²) in [5, 5.41) is 2.89. The highest BCUT2D eigenvalue weighted by atomic mass is 35.5. The largest absolute Gasteiger partial charge is 0.353 e. The van der Waals surface area contributed by atoms with Gasteiger partial charge in [0.05, 0.1) is 11.4 Å². The first-order chi connectivity index (χ1) is 13.6. The Bertz CT molecular complexity index is 929. The van der Waals surface area contributed by atoms with Gasteiger partial charge in [-0.15, -0.1) is 0 Å². The molecule has 0 saturated heterocycles. The zero-order chi connectivity index (χ0) is 21.6. The van der Waals surface area contributed by atoms with Gasteiger partial charge in [0, 0.05) is 23.2 Å². The van der Waals surface area contributed by atoms with Crippen LogP contribution in [0.25, 0.3) is 0 Å². The molecule has 0 aliphatic rings. The third kappa shape index (κ3) is 6.26. The van der Waals surface area contributed by atoms with Gasteiger partial charge in [-0.25, -0.2) is 12.8 Å². The molecule has 2 aromatic rings. The SMILES string of the molecule is CCC[C@@H](C)NC(=O)CN(Cc1c(F)cccc1Cl)S(=O)(=O)c1ccc(C)cc1. The molecule has 0 aliphatic carbocycles. The second-order valence-electron chi connectivity index (χ2n) is 7.04. The van der Waals surface area contributed by atoms with Crippen LogP contribution in [-0.4, -0.2) is 31.2 Å². The average Bonchev–Trinajstić information content (AvgIpc) is 2.64. The van der Waals surface area contributed by atoms with Crippen LogP contribution in [0.3, 0.4) is 0 Å². The maximum absolute atomic E-state index is 14.3. The number of nitrogens with zero attached hydrogens (tertiary/aromatic N) is 1. The van der Waals surface area contributed by atoms with E-state index in [1.807, 2.05) is 20.8 Å². The molecular weight excluding hydrogens is 415 g/mol. The van der Waals surface area contributed by atoms with Crippen LogP contribution in [0.1, 0.15) is 37.8 Å². The lowest BCUT2D eigenvalue weighted by atomic mass is 10.2. The number of carbonyl (C=O) groups is 1. The summed E-state index contributed by atoms with van der Waals surface area (Å²) in [4.78, 5) is 12.5. The Hall–Kier alpha value is -1.96. The van der Waals surface area contributed by atoms with E-state index < -0.39 is 28.3 Å². The Kier molecular flexibility index (Phi) is 8.19. The van der Waals surface area contributed by atoms with Crippen LogP contribution in [0.2, 0.25) is 5.02 Å². The van der Waals surface area contributed by atoms with Crippen molar-refractivity contribution >= 4 is 27.5 Å². The van der Waals surface area contributed by atoms with E-state index in [-0.39, 0.29) is 28.1 Å². The van der Waals surface area contributed by atoms with Crippen LogP contribution >= 0.6 is 11.6 Å². The number of nitrogens with one attached hydrogen (secondary N) is 1. The zero-order valence-corrected chi connectivity index (χ0v) is 18.4. The van der Waals surface area contributed by atoms with Crippen LogP contribution in [-0.2, 0) is 21.4 Å². The minimum atomic E-state index is -4.05. The molecule has 1 amide bonds. The summed E-state index contributed by atoms with van der Waals surface area (Å²) in [6, 6.07) is 10.3. The average molecular weight is 441 g/mol. The minimum absolute atomic E-state index is 0.0271. The highest BCUT2D eigenvalue weighted by Gasteiger charge is 2.28. The molecule has 0 aromatic heterocycles. The number of hydrogen-bond donors (Lipinski definition) is 1. The van der Waals surface area contributed by atoms with Crippen LogP contribution in [0.5, 0.6) is 0 Å². The fourth-order valence-electron chi connectivity index (χ4n) is 2.93. The van der Waals surface area contributed by atoms with E-state index >= 15 is 0 Å². The molecule has 0 radical (unpaired) electrons. The van der Waals surface area contributed by atoms with Crippen molar-refractivity contribution in [3.63, 3.8) is 0 Å². The monoisotopic (exact) mass is 440 g/mol. The van der Waals surface area contributed by atoms with Gasteiger partial charge in [-0.05, 0) is 44.5 Å². The maximum Gasteiger partial charge on any atom is 0.243 e. The lowest BCUT2D eigenvalue weighted by Crippen LogP contribution is -2.43. The molecule has 0 spiro atoms. The maximum atomic E-state index is 14.3. The summed E-state index contributed by atoms with van der Waals surface area (Å²) in [5.41, 5.74) is 0.929. The van der Waals surface area contributed by atoms with Gasteiger partial charge in [0.1, 0.15) is 5.82 Å². The first-order valence-electron chi connectivity index (χ1n) is 9.44. The third-order valence-electron chi connectivity index (χ3n) is 4.50. The lowest BCUT2D eigenvalue weighted by molar-refractivity contribution is -0.122. The van der Waals surface area contributed by atoms with Gasteiger partial charge in [0.2, 0.25) is 15.9 Å². The van der Waals surface area contributed by atoms with Crippen LogP contribution < -0.4 is 5.32 Å². The van der Waals surface area contributed by atoms with Crippen molar-refractivity contribution in [2.24, 2.45) is 0 Å². The second-order valence-corrected chi connectivity index (χ2v) is 9.39. The summed E-state index contributed by atoms with van der Waals surface area (Å²) in [6.07, 6.45) is 1.66. The fraction of sp³-hybridized carbons (Fsp3) is 0.381. The van der Waals surface area contributed by atoms with Crippen molar-refractivity contribution in [2.45, 2.75) is 51.1 Å². The number of aryl methyl sites for hydroxylation is 1. The Balaban J connectivity index is 2.36. The number of hydrogen-bond acceptors (Lipinski definition) is 3. The first kappa shape index (κ1) is 23.3. The molecular formula is C21H26ClFN2O3S. The summed E-state index contributed by atoms with van der Waals surface area (Å²) >= 11 is 6.09. The van der Waals surface area contributed by atoms with Crippen molar-refractivity contribution < 1.29 is 17.6 Å². The molecule has 0 heterocycles. The number of halogens is 2. The lowest BCUT2D eigenvalue weighted by Gasteiger charge is -2.24. The first-order valence-corrected chi connectivity index (χ1v) is 11.3. The van der Waals surface area contributed by atoms with Gasteiger partial charge in [-0.1, -0.05) is 48.7 Å². The Morgan fingerprint density at radius 2 is 1.86 bits per heavy atom. The molecule has 2 rings (SSSR count). The van der Waals surface area contributed by atoms with Crippen molar-refractivity contribution in [3.05, 3.63) is 64.4 Å². The van der Waals surface area contributed by atoms with E-state index in [2.05, 4.69) is 5.32 Å². The van der Waals surface area contributed by atoms with Crippen LogP contribution in [0, 0.1) is 12.7 Å². The Labute approximate surface area is 176 Å². The van der Waals surface area contributed by atoms with Gasteiger partial charge >= 0.3 is 0 Å². The van der Waals surface area contributed by atoms with E-state index in [0.29, 0.717) is 0 Å². The normalized spacial score (nSPS) is 12.8. The van der Waals surface area contributed by atoms with Gasteiger partial charge in [-0.3, -0.25) is 4.79 Å². The molecule has 8 heteroatoms. The van der Waals surface area contributed by atoms with E-state index in [1.165, 1.54) is 30.3 Å². The van der Waals surface area contributed by atoms with E-state index in [9.17, 15) is 17.6 Å². The molecule has 0 saturated carbocycles. The second kappa shape index (κ2) is 10.2. The Morgan fingerprint density at radius 1 is 1.21 bits per heavy atom. The number of sulfonamides is 1. The van der Waals surface area contributed by atoms with E-state index in [4.69, 9.17) is 11.6 Å². The van der Waals surface area contributed by atoms with Crippen molar-refractivity contribution in [2.75, 3.05) is 6.54 Å². The highest BCUT2D eigenvalue weighted by Crippen LogP contribution is 2.24. The zero-order valence-electron chi connectivity index (χ0n) is 16.8. The van der Waals surface area contributed by atoms with E-state index in [1.54, 1.807) is 12.1 Å². The predicted octanol–water partition coefficient (Wildman–Crippen LogP) is 4.28. The number of rotatable bonds is 9. The van der Waals surface area contributed by atoms with Crippen molar-refractivity contribution in [1.82, 2.24) is 9.62 Å². The number of benzene rings is 2. The predicted molar refractivity (Wildman–Crippen MR) is 113 cm³/mol. The summed E-state index contributed by atoms with van der Waals surface area (Å²) < 4.78 is 41.6. The van der Waals surface area contributed by atoms with Gasteiger partial charge in [0.15, 0.2) is 0 Å².